The Kier molecular flexibility index (Phi) is 4.35. The highest BCUT2D eigenvalue weighted by Crippen LogP contribution is 2.14. The van der Waals surface area contributed by atoms with Crippen molar-refractivity contribution in [2.45, 2.75) is 26.8 Å². The molecule has 0 aromatic carbocycles. The molecule has 0 saturated carbocycles. The van der Waals surface area contributed by atoms with Gasteiger partial charge in [0.25, 0.3) is 0 Å². The second-order valence-electron chi connectivity index (χ2n) is 3.41. The van der Waals surface area contributed by atoms with Crippen LogP contribution < -0.4 is 5.48 Å². The van der Waals surface area contributed by atoms with Crippen LogP contribution in [0.1, 0.15) is 31.8 Å². The molecule has 0 fully saturated rings. The summed E-state index contributed by atoms with van der Waals surface area (Å²) in [5.74, 6) is 0.552. The van der Waals surface area contributed by atoms with Gasteiger partial charge >= 0.3 is 0 Å². The topological polar surface area (TPSA) is 34.1 Å². The number of thiazole rings is 1. The maximum absolute atomic E-state index is 5.30. The van der Waals surface area contributed by atoms with Crippen molar-refractivity contribution in [1.29, 1.82) is 0 Å². The average molecular weight is 200 g/mol. The van der Waals surface area contributed by atoms with E-state index in [1.165, 1.54) is 0 Å². The van der Waals surface area contributed by atoms with Gasteiger partial charge in [0.05, 0.1) is 12.6 Å². The fourth-order valence-corrected chi connectivity index (χ4v) is 1.47. The van der Waals surface area contributed by atoms with E-state index in [4.69, 9.17) is 4.84 Å². The molecule has 0 aliphatic heterocycles. The first-order valence-corrected chi connectivity index (χ1v) is 5.35. The number of hydroxylamine groups is 1. The van der Waals surface area contributed by atoms with E-state index in [0.29, 0.717) is 5.92 Å². The van der Waals surface area contributed by atoms with E-state index < -0.39 is 0 Å². The van der Waals surface area contributed by atoms with Crippen molar-refractivity contribution in [2.75, 3.05) is 6.61 Å². The van der Waals surface area contributed by atoms with Gasteiger partial charge < -0.3 is 4.84 Å². The van der Waals surface area contributed by atoms with Gasteiger partial charge in [-0.2, -0.15) is 5.48 Å². The first-order chi connectivity index (χ1) is 6.20. The molecule has 0 radical (unpaired) electrons. The van der Waals surface area contributed by atoms with Crippen molar-refractivity contribution in [3.05, 3.63) is 16.6 Å². The SMILES string of the molecule is CC(C)CONC(C)c1nccs1. The van der Waals surface area contributed by atoms with Gasteiger partial charge in [0.15, 0.2) is 0 Å². The molecule has 1 rings (SSSR count). The van der Waals surface area contributed by atoms with Crippen LogP contribution in [0.2, 0.25) is 0 Å². The Morgan fingerprint density at radius 1 is 1.54 bits per heavy atom. The van der Waals surface area contributed by atoms with Crippen LogP contribution in [0.15, 0.2) is 11.6 Å². The fourth-order valence-electron chi connectivity index (χ4n) is 0.839. The molecule has 1 aromatic rings. The lowest BCUT2D eigenvalue weighted by atomic mass is 10.2. The molecule has 4 heteroatoms. The summed E-state index contributed by atoms with van der Waals surface area (Å²) in [5, 5.41) is 3.03. The van der Waals surface area contributed by atoms with Crippen molar-refractivity contribution in [3.8, 4) is 0 Å². The van der Waals surface area contributed by atoms with Crippen molar-refractivity contribution >= 4 is 11.3 Å². The van der Waals surface area contributed by atoms with Crippen molar-refractivity contribution in [2.24, 2.45) is 5.92 Å². The zero-order chi connectivity index (χ0) is 9.68. The van der Waals surface area contributed by atoms with Gasteiger partial charge in [0, 0.05) is 11.6 Å². The van der Waals surface area contributed by atoms with E-state index in [-0.39, 0.29) is 6.04 Å². The van der Waals surface area contributed by atoms with E-state index in [2.05, 4.69) is 24.3 Å². The third kappa shape index (κ3) is 3.85. The molecule has 1 atom stereocenters. The molecule has 0 aliphatic carbocycles. The van der Waals surface area contributed by atoms with Crippen LogP contribution in [0.25, 0.3) is 0 Å². The summed E-state index contributed by atoms with van der Waals surface area (Å²) < 4.78 is 0. The number of aromatic nitrogens is 1. The number of nitrogens with one attached hydrogen (secondary N) is 1. The third-order valence-electron chi connectivity index (χ3n) is 1.50. The third-order valence-corrected chi connectivity index (χ3v) is 2.46. The van der Waals surface area contributed by atoms with Gasteiger partial charge in [-0.25, -0.2) is 4.98 Å². The van der Waals surface area contributed by atoms with Crippen molar-refractivity contribution in [1.82, 2.24) is 10.5 Å². The van der Waals surface area contributed by atoms with Gasteiger partial charge in [-0.05, 0) is 12.8 Å². The summed E-state index contributed by atoms with van der Waals surface area (Å²) in [7, 11) is 0. The van der Waals surface area contributed by atoms with Crippen LogP contribution in [0.3, 0.4) is 0 Å². The second kappa shape index (κ2) is 5.32. The molecule has 0 saturated heterocycles. The minimum Gasteiger partial charge on any atom is -0.301 e. The van der Waals surface area contributed by atoms with E-state index in [1.54, 1.807) is 17.5 Å². The number of hydrogen-bond acceptors (Lipinski definition) is 4. The van der Waals surface area contributed by atoms with Crippen LogP contribution in [0.4, 0.5) is 0 Å². The van der Waals surface area contributed by atoms with Gasteiger partial charge in [0.1, 0.15) is 5.01 Å². The molecule has 1 aromatic heterocycles. The van der Waals surface area contributed by atoms with Crippen LogP contribution in [0.5, 0.6) is 0 Å². The van der Waals surface area contributed by atoms with Crippen molar-refractivity contribution in [3.63, 3.8) is 0 Å². The summed E-state index contributed by atoms with van der Waals surface area (Å²) in [4.78, 5) is 9.49. The highest BCUT2D eigenvalue weighted by molar-refractivity contribution is 7.09. The largest absolute Gasteiger partial charge is 0.301 e. The standard InChI is InChI=1S/C9H16N2OS/c1-7(2)6-12-11-8(3)9-10-4-5-13-9/h4-5,7-8,11H,6H2,1-3H3. The molecule has 1 unspecified atom stereocenters. The van der Waals surface area contributed by atoms with Gasteiger partial charge in [-0.3, -0.25) is 0 Å². The quantitative estimate of drug-likeness (QED) is 0.741. The summed E-state index contributed by atoms with van der Waals surface area (Å²) in [6.07, 6.45) is 1.81. The molecule has 0 bridgehead atoms. The van der Waals surface area contributed by atoms with Crippen LogP contribution in [-0.4, -0.2) is 11.6 Å². The summed E-state index contributed by atoms with van der Waals surface area (Å²) >= 11 is 1.64. The Hall–Kier alpha value is -0.450. The molecule has 0 aliphatic rings. The monoisotopic (exact) mass is 200 g/mol. The molecule has 0 spiro atoms. The van der Waals surface area contributed by atoms with E-state index in [1.807, 2.05) is 12.3 Å². The summed E-state index contributed by atoms with van der Waals surface area (Å²) in [5.41, 5.74) is 2.96. The highest BCUT2D eigenvalue weighted by Gasteiger charge is 2.07. The average Bonchev–Trinajstić information content (AvgIpc) is 2.55. The number of rotatable bonds is 5. The van der Waals surface area contributed by atoms with Crippen LogP contribution in [0, 0.1) is 5.92 Å². The van der Waals surface area contributed by atoms with Crippen LogP contribution >= 0.6 is 11.3 Å². The molecule has 1 heterocycles. The predicted octanol–water partition coefficient (Wildman–Crippen LogP) is 2.38. The van der Waals surface area contributed by atoms with E-state index in [0.717, 1.165) is 11.6 Å². The fraction of sp³-hybridized carbons (Fsp3) is 0.667. The Labute approximate surface area is 83.1 Å². The Morgan fingerprint density at radius 2 is 2.31 bits per heavy atom. The Balaban J connectivity index is 2.22. The maximum Gasteiger partial charge on any atom is 0.112 e. The first kappa shape index (κ1) is 10.6. The smallest absolute Gasteiger partial charge is 0.112 e. The van der Waals surface area contributed by atoms with Gasteiger partial charge in [-0.15, -0.1) is 11.3 Å². The number of hydrogen-bond donors (Lipinski definition) is 1. The normalized spacial score (nSPS) is 13.5. The molecule has 3 nitrogen and oxygen atoms in total. The minimum atomic E-state index is 0.179. The zero-order valence-electron chi connectivity index (χ0n) is 8.28. The highest BCUT2D eigenvalue weighted by atomic mass is 32.1. The molecule has 74 valence electrons. The Bertz CT molecular complexity index is 224. The Morgan fingerprint density at radius 3 is 2.85 bits per heavy atom. The molecule has 0 amide bonds. The summed E-state index contributed by atoms with van der Waals surface area (Å²) in [6.45, 7) is 7.01. The van der Waals surface area contributed by atoms with E-state index >= 15 is 0 Å². The molecular weight excluding hydrogens is 184 g/mol. The maximum atomic E-state index is 5.30. The zero-order valence-corrected chi connectivity index (χ0v) is 9.10. The van der Waals surface area contributed by atoms with Crippen LogP contribution in [-0.2, 0) is 4.84 Å². The molecular formula is C9H16N2OS. The van der Waals surface area contributed by atoms with Gasteiger partial charge in [-0.1, -0.05) is 13.8 Å². The minimum absolute atomic E-state index is 0.179. The first-order valence-electron chi connectivity index (χ1n) is 4.47. The lowest BCUT2D eigenvalue weighted by molar-refractivity contribution is 0.00405. The molecule has 1 N–H and O–H groups in total. The van der Waals surface area contributed by atoms with Crippen molar-refractivity contribution < 1.29 is 4.84 Å². The van der Waals surface area contributed by atoms with Gasteiger partial charge in [0.2, 0.25) is 0 Å². The predicted molar refractivity (Wildman–Crippen MR) is 54.5 cm³/mol. The van der Waals surface area contributed by atoms with E-state index in [9.17, 15) is 0 Å². The molecule has 13 heavy (non-hydrogen) atoms. The lowest BCUT2D eigenvalue weighted by Crippen LogP contribution is -2.21. The number of nitrogens with zero attached hydrogens (tertiary/aromatic N) is 1. The second-order valence-corrected chi connectivity index (χ2v) is 4.34. The summed E-state index contributed by atoms with van der Waals surface area (Å²) in [6, 6.07) is 0.179. The lowest BCUT2D eigenvalue weighted by Gasteiger charge is -2.12.